The maximum atomic E-state index is 13.1. The number of carbonyl (C=O) groups is 2. The van der Waals surface area contributed by atoms with Gasteiger partial charge in [-0.1, -0.05) is 6.08 Å². The molecule has 0 radical (unpaired) electrons. The van der Waals surface area contributed by atoms with Crippen molar-refractivity contribution < 1.29 is 18.4 Å². The van der Waals surface area contributed by atoms with E-state index in [-0.39, 0.29) is 10.7 Å². The number of benzene rings is 1. The summed E-state index contributed by atoms with van der Waals surface area (Å²) in [5.41, 5.74) is 0.281. The van der Waals surface area contributed by atoms with Crippen LogP contribution in [-0.4, -0.2) is 16.9 Å². The van der Waals surface area contributed by atoms with Gasteiger partial charge >= 0.3 is 0 Å². The smallest absolute Gasteiger partial charge is 0.270 e. The van der Waals surface area contributed by atoms with Gasteiger partial charge in [-0.05, 0) is 60.8 Å². The van der Waals surface area contributed by atoms with Crippen LogP contribution in [-0.2, 0) is 9.59 Å². The van der Waals surface area contributed by atoms with E-state index in [0.717, 1.165) is 4.90 Å². The van der Waals surface area contributed by atoms with Gasteiger partial charge in [0.2, 0.25) is 0 Å². The largest absolute Gasteiger partial charge is 0.465 e. The van der Waals surface area contributed by atoms with Gasteiger partial charge in [0.05, 0.1) is 12.0 Å². The Bertz CT molecular complexity index is 854. The number of allylic oxidation sites excluding steroid dienone is 2. The van der Waals surface area contributed by atoms with Crippen molar-refractivity contribution in [2.45, 2.75) is 0 Å². The standard InChI is InChI=1S/C17H11FN2O3S/c18-11-6-8-12(9-7-11)20-16(22)14(15(21)19-17(20)24)5-1-3-13-4-2-10-23-13/h1-10H,(H,19,21,24)/b3-1+,14-5+. The molecule has 2 amide bonds. The minimum Gasteiger partial charge on any atom is -0.465 e. The Hall–Kier alpha value is -3.06. The Morgan fingerprint density at radius 2 is 1.92 bits per heavy atom. The summed E-state index contributed by atoms with van der Waals surface area (Å²) in [6, 6.07) is 8.70. The zero-order valence-corrected chi connectivity index (χ0v) is 13.0. The highest BCUT2D eigenvalue weighted by atomic mass is 32.1. The van der Waals surface area contributed by atoms with E-state index in [9.17, 15) is 14.0 Å². The summed E-state index contributed by atoms with van der Waals surface area (Å²) in [7, 11) is 0. The lowest BCUT2D eigenvalue weighted by molar-refractivity contribution is -0.122. The van der Waals surface area contributed by atoms with Crippen molar-refractivity contribution >= 4 is 40.9 Å². The molecule has 2 aromatic rings. The Kier molecular flexibility index (Phi) is 4.35. The molecule has 1 aromatic heterocycles. The van der Waals surface area contributed by atoms with E-state index in [2.05, 4.69) is 5.32 Å². The third-order valence-corrected chi connectivity index (χ3v) is 3.54. The summed E-state index contributed by atoms with van der Waals surface area (Å²) in [5.74, 6) is -1.02. The van der Waals surface area contributed by atoms with Gasteiger partial charge in [-0.3, -0.25) is 19.8 Å². The Morgan fingerprint density at radius 3 is 2.58 bits per heavy atom. The molecule has 1 N–H and O–H groups in total. The molecule has 0 spiro atoms. The average molecular weight is 342 g/mol. The van der Waals surface area contributed by atoms with Crippen LogP contribution in [0, 0.1) is 5.82 Å². The van der Waals surface area contributed by atoms with Gasteiger partial charge in [0.25, 0.3) is 11.8 Å². The number of nitrogens with zero attached hydrogens (tertiary/aromatic N) is 1. The molecule has 1 fully saturated rings. The molecule has 7 heteroatoms. The summed E-state index contributed by atoms with van der Waals surface area (Å²) in [5, 5.41) is 2.39. The van der Waals surface area contributed by atoms with Crippen molar-refractivity contribution in [1.82, 2.24) is 5.32 Å². The molecule has 0 bridgehead atoms. The first-order valence-corrected chi connectivity index (χ1v) is 7.34. The number of thiocarbonyl (C=S) groups is 1. The lowest BCUT2D eigenvalue weighted by Crippen LogP contribution is -2.54. The molecule has 0 saturated carbocycles. The summed E-state index contributed by atoms with van der Waals surface area (Å²) in [6.45, 7) is 0. The molecule has 3 rings (SSSR count). The highest BCUT2D eigenvalue weighted by Gasteiger charge is 2.34. The fourth-order valence-electron chi connectivity index (χ4n) is 2.13. The topological polar surface area (TPSA) is 62.6 Å². The van der Waals surface area contributed by atoms with Gasteiger partial charge in [0.1, 0.15) is 17.2 Å². The Morgan fingerprint density at radius 1 is 1.17 bits per heavy atom. The van der Waals surface area contributed by atoms with Gasteiger partial charge in [-0.25, -0.2) is 4.39 Å². The number of amides is 2. The molecule has 1 aliphatic rings. The van der Waals surface area contributed by atoms with E-state index in [1.165, 1.54) is 42.7 Å². The van der Waals surface area contributed by atoms with Crippen LogP contribution in [0.1, 0.15) is 5.76 Å². The maximum Gasteiger partial charge on any atom is 0.270 e. The minimum atomic E-state index is -0.590. The number of anilines is 1. The van der Waals surface area contributed by atoms with Crippen LogP contribution in [0.2, 0.25) is 0 Å². The van der Waals surface area contributed by atoms with E-state index in [4.69, 9.17) is 16.6 Å². The molecule has 1 aliphatic heterocycles. The van der Waals surface area contributed by atoms with Crippen LogP contribution >= 0.6 is 12.2 Å². The Labute approximate surface area is 142 Å². The maximum absolute atomic E-state index is 13.1. The minimum absolute atomic E-state index is 0.0521. The zero-order chi connectivity index (χ0) is 17.1. The van der Waals surface area contributed by atoms with E-state index >= 15 is 0 Å². The normalized spacial score (nSPS) is 17.0. The van der Waals surface area contributed by atoms with Gasteiger partial charge in [0.15, 0.2) is 5.11 Å². The molecule has 24 heavy (non-hydrogen) atoms. The lowest BCUT2D eigenvalue weighted by Gasteiger charge is -2.28. The predicted molar refractivity (Wildman–Crippen MR) is 90.5 cm³/mol. The quantitative estimate of drug-likeness (QED) is 0.529. The second-order valence-electron chi connectivity index (χ2n) is 4.83. The third-order valence-electron chi connectivity index (χ3n) is 3.25. The number of rotatable bonds is 3. The fourth-order valence-corrected chi connectivity index (χ4v) is 2.41. The first-order chi connectivity index (χ1) is 11.6. The van der Waals surface area contributed by atoms with E-state index in [1.807, 2.05) is 0 Å². The fraction of sp³-hybridized carbons (Fsp3) is 0. The number of furan rings is 1. The molecule has 5 nitrogen and oxygen atoms in total. The van der Waals surface area contributed by atoms with Crippen LogP contribution in [0.5, 0.6) is 0 Å². The van der Waals surface area contributed by atoms with Gasteiger partial charge in [0, 0.05) is 0 Å². The molecule has 0 unspecified atom stereocenters. The molecule has 1 saturated heterocycles. The van der Waals surface area contributed by atoms with Crippen molar-refractivity contribution in [2.24, 2.45) is 0 Å². The van der Waals surface area contributed by atoms with Crippen molar-refractivity contribution in [2.75, 3.05) is 4.90 Å². The van der Waals surface area contributed by atoms with Crippen molar-refractivity contribution in [3.05, 3.63) is 72.0 Å². The predicted octanol–water partition coefficient (Wildman–Crippen LogP) is 2.81. The van der Waals surface area contributed by atoms with Crippen LogP contribution in [0.25, 0.3) is 6.08 Å². The van der Waals surface area contributed by atoms with Gasteiger partial charge in [-0.15, -0.1) is 0 Å². The molecule has 120 valence electrons. The molecule has 1 aromatic carbocycles. The Balaban J connectivity index is 1.89. The average Bonchev–Trinajstić information content (AvgIpc) is 3.05. The van der Waals surface area contributed by atoms with Gasteiger partial charge < -0.3 is 4.42 Å². The second kappa shape index (κ2) is 6.59. The SMILES string of the molecule is O=C1NC(=S)N(c2ccc(F)cc2)C(=O)/C1=C/C=C/c1ccco1. The van der Waals surface area contributed by atoms with Crippen molar-refractivity contribution in [3.63, 3.8) is 0 Å². The van der Waals surface area contributed by atoms with Crippen molar-refractivity contribution in [3.8, 4) is 0 Å². The lowest BCUT2D eigenvalue weighted by atomic mass is 10.1. The first-order valence-electron chi connectivity index (χ1n) is 6.93. The van der Waals surface area contributed by atoms with Crippen LogP contribution in [0.3, 0.4) is 0 Å². The molecule has 2 heterocycles. The van der Waals surface area contributed by atoms with Crippen molar-refractivity contribution in [1.29, 1.82) is 0 Å². The summed E-state index contributed by atoms with van der Waals surface area (Å²) in [4.78, 5) is 25.7. The highest BCUT2D eigenvalue weighted by molar-refractivity contribution is 7.80. The number of halogens is 1. The third kappa shape index (κ3) is 3.16. The summed E-state index contributed by atoms with van der Waals surface area (Å²) >= 11 is 5.05. The molecular formula is C17H11FN2O3S. The number of hydrogen-bond acceptors (Lipinski definition) is 4. The number of carbonyl (C=O) groups excluding carboxylic acids is 2. The van der Waals surface area contributed by atoms with Crippen LogP contribution < -0.4 is 10.2 Å². The second-order valence-corrected chi connectivity index (χ2v) is 5.22. The number of nitrogens with one attached hydrogen (secondary N) is 1. The number of hydrogen-bond donors (Lipinski definition) is 1. The van der Waals surface area contributed by atoms with Gasteiger partial charge in [-0.2, -0.15) is 0 Å². The van der Waals surface area contributed by atoms with E-state index in [1.54, 1.807) is 18.2 Å². The molecular weight excluding hydrogens is 331 g/mol. The highest BCUT2D eigenvalue weighted by Crippen LogP contribution is 2.21. The summed E-state index contributed by atoms with van der Waals surface area (Å²) in [6.07, 6.45) is 6.03. The monoisotopic (exact) mass is 342 g/mol. The van der Waals surface area contributed by atoms with Crippen LogP contribution in [0.15, 0.2) is 64.8 Å². The zero-order valence-electron chi connectivity index (χ0n) is 12.2. The first kappa shape index (κ1) is 15.8. The molecule has 0 aliphatic carbocycles. The molecule has 0 atom stereocenters. The van der Waals surface area contributed by atoms with Crippen LogP contribution in [0.4, 0.5) is 10.1 Å². The van der Waals surface area contributed by atoms with E-state index in [0.29, 0.717) is 11.4 Å². The van der Waals surface area contributed by atoms with E-state index < -0.39 is 17.6 Å². The summed E-state index contributed by atoms with van der Waals surface area (Å²) < 4.78 is 18.2.